The van der Waals surface area contributed by atoms with Gasteiger partial charge in [0.2, 0.25) is 5.91 Å². The molecule has 0 saturated heterocycles. The Kier molecular flexibility index (Phi) is 5.02. The minimum absolute atomic E-state index is 0.0758. The predicted octanol–water partition coefficient (Wildman–Crippen LogP) is 2.96. The number of nitrogens with one attached hydrogen (secondary N) is 1. The molecule has 2 aromatic rings. The van der Waals surface area contributed by atoms with Gasteiger partial charge < -0.3 is 10.1 Å². The van der Waals surface area contributed by atoms with E-state index in [0.717, 1.165) is 0 Å². The second-order valence-electron chi connectivity index (χ2n) is 6.33. The molecule has 0 radical (unpaired) electrons. The summed E-state index contributed by atoms with van der Waals surface area (Å²) in [5, 5.41) is 2.80. The van der Waals surface area contributed by atoms with Crippen LogP contribution in [0.1, 0.15) is 34.6 Å². The van der Waals surface area contributed by atoms with E-state index in [2.05, 4.69) is 5.32 Å². The minimum Gasteiger partial charge on any atom is -0.492 e. The van der Waals surface area contributed by atoms with Crippen LogP contribution in [0.15, 0.2) is 48.5 Å². The number of anilines is 1. The average Bonchev–Trinajstić information content (AvgIpc) is 2.87. The van der Waals surface area contributed by atoms with Crippen molar-refractivity contribution >= 4 is 23.4 Å². The predicted molar refractivity (Wildman–Crippen MR) is 97.2 cm³/mol. The monoisotopic (exact) mass is 352 g/mol. The van der Waals surface area contributed by atoms with Crippen LogP contribution in [0, 0.1) is 5.92 Å². The first-order chi connectivity index (χ1) is 12.5. The van der Waals surface area contributed by atoms with Gasteiger partial charge in [0.25, 0.3) is 11.8 Å². The lowest BCUT2D eigenvalue weighted by Gasteiger charge is -2.15. The molecule has 134 valence electrons. The maximum Gasteiger partial charge on any atom is 0.261 e. The van der Waals surface area contributed by atoms with Crippen molar-refractivity contribution in [1.29, 1.82) is 0 Å². The van der Waals surface area contributed by atoms with Crippen LogP contribution in [0.5, 0.6) is 5.75 Å². The largest absolute Gasteiger partial charge is 0.492 e. The van der Waals surface area contributed by atoms with E-state index in [0.29, 0.717) is 22.6 Å². The van der Waals surface area contributed by atoms with Crippen LogP contribution in [0.3, 0.4) is 0 Å². The van der Waals surface area contributed by atoms with Gasteiger partial charge in [0.05, 0.1) is 17.7 Å². The van der Waals surface area contributed by atoms with Gasteiger partial charge >= 0.3 is 0 Å². The first-order valence-electron chi connectivity index (χ1n) is 8.46. The zero-order valence-electron chi connectivity index (χ0n) is 14.7. The number of hydrogen-bond acceptors (Lipinski definition) is 4. The van der Waals surface area contributed by atoms with Crippen LogP contribution in [-0.4, -0.2) is 35.8 Å². The number of nitrogens with zero attached hydrogens (tertiary/aromatic N) is 1. The van der Waals surface area contributed by atoms with Crippen molar-refractivity contribution < 1.29 is 19.1 Å². The molecule has 0 saturated carbocycles. The van der Waals surface area contributed by atoms with E-state index >= 15 is 0 Å². The Morgan fingerprint density at radius 2 is 1.69 bits per heavy atom. The summed E-state index contributed by atoms with van der Waals surface area (Å²) >= 11 is 0. The Balaban J connectivity index is 1.58. The van der Waals surface area contributed by atoms with Crippen LogP contribution in [0.4, 0.5) is 5.69 Å². The zero-order chi connectivity index (χ0) is 18.7. The first-order valence-corrected chi connectivity index (χ1v) is 8.46. The van der Waals surface area contributed by atoms with Gasteiger partial charge in [-0.3, -0.25) is 19.3 Å². The van der Waals surface area contributed by atoms with E-state index in [1.54, 1.807) is 48.5 Å². The normalized spacial score (nSPS) is 13.1. The van der Waals surface area contributed by atoms with Gasteiger partial charge in [-0.15, -0.1) is 0 Å². The van der Waals surface area contributed by atoms with Crippen LogP contribution in [0.25, 0.3) is 0 Å². The SMILES string of the molecule is CC(C)C(=O)Nc1cccc(OCCN2C(=O)c3ccccc3C2=O)c1. The van der Waals surface area contributed by atoms with Crippen LogP contribution >= 0.6 is 0 Å². The number of benzene rings is 2. The number of ether oxygens (including phenoxy) is 1. The molecule has 3 rings (SSSR count). The number of rotatable bonds is 6. The highest BCUT2D eigenvalue weighted by atomic mass is 16.5. The van der Waals surface area contributed by atoms with Gasteiger partial charge in [-0.2, -0.15) is 0 Å². The standard InChI is InChI=1S/C20H20N2O4/c1-13(2)18(23)21-14-6-5-7-15(12-14)26-11-10-22-19(24)16-8-3-4-9-17(16)20(22)25/h3-9,12-13H,10-11H2,1-2H3,(H,21,23). The molecule has 0 aromatic heterocycles. The molecule has 0 bridgehead atoms. The summed E-state index contributed by atoms with van der Waals surface area (Å²) in [5.74, 6) is -0.232. The third-order valence-corrected chi connectivity index (χ3v) is 4.09. The van der Waals surface area contributed by atoms with Crippen LogP contribution < -0.4 is 10.1 Å². The molecule has 26 heavy (non-hydrogen) atoms. The summed E-state index contributed by atoms with van der Waals surface area (Å²) in [6, 6.07) is 13.8. The first kappa shape index (κ1) is 17.7. The van der Waals surface area contributed by atoms with E-state index < -0.39 is 0 Å². The van der Waals surface area contributed by atoms with Crippen molar-refractivity contribution in [1.82, 2.24) is 4.90 Å². The molecular weight excluding hydrogens is 332 g/mol. The maximum atomic E-state index is 12.3. The Labute approximate surface area is 151 Å². The maximum absolute atomic E-state index is 12.3. The fraction of sp³-hybridized carbons (Fsp3) is 0.250. The average molecular weight is 352 g/mol. The molecule has 6 nitrogen and oxygen atoms in total. The fourth-order valence-electron chi connectivity index (χ4n) is 2.65. The van der Waals surface area contributed by atoms with Crippen molar-refractivity contribution in [3.8, 4) is 5.75 Å². The lowest BCUT2D eigenvalue weighted by Crippen LogP contribution is -2.33. The Morgan fingerprint density at radius 3 is 2.31 bits per heavy atom. The molecule has 0 unspecified atom stereocenters. The second kappa shape index (κ2) is 7.39. The van der Waals surface area contributed by atoms with E-state index in [9.17, 15) is 14.4 Å². The van der Waals surface area contributed by atoms with E-state index in [4.69, 9.17) is 4.74 Å². The fourth-order valence-corrected chi connectivity index (χ4v) is 2.65. The molecular formula is C20H20N2O4. The summed E-state index contributed by atoms with van der Waals surface area (Å²) in [6.45, 7) is 3.97. The number of carbonyl (C=O) groups excluding carboxylic acids is 3. The van der Waals surface area contributed by atoms with Gasteiger partial charge in [-0.05, 0) is 24.3 Å². The van der Waals surface area contributed by atoms with Gasteiger partial charge in [-0.1, -0.05) is 32.0 Å². The topological polar surface area (TPSA) is 75.7 Å². The van der Waals surface area contributed by atoms with E-state index in [1.807, 2.05) is 13.8 Å². The van der Waals surface area contributed by atoms with Crippen molar-refractivity contribution in [2.75, 3.05) is 18.5 Å². The van der Waals surface area contributed by atoms with Crippen molar-refractivity contribution in [3.05, 3.63) is 59.7 Å². The smallest absolute Gasteiger partial charge is 0.261 e. The summed E-state index contributed by atoms with van der Waals surface area (Å²) < 4.78 is 5.65. The molecule has 0 spiro atoms. The third kappa shape index (κ3) is 3.59. The molecule has 1 aliphatic heterocycles. The molecule has 0 aliphatic carbocycles. The van der Waals surface area contributed by atoms with Gasteiger partial charge in [-0.25, -0.2) is 0 Å². The quantitative estimate of drug-likeness (QED) is 0.811. The Morgan fingerprint density at radius 1 is 1.04 bits per heavy atom. The van der Waals surface area contributed by atoms with Crippen molar-refractivity contribution in [2.24, 2.45) is 5.92 Å². The summed E-state index contributed by atoms with van der Waals surface area (Å²) in [4.78, 5) is 37.5. The number of amides is 3. The molecule has 6 heteroatoms. The molecule has 2 aromatic carbocycles. The lowest BCUT2D eigenvalue weighted by molar-refractivity contribution is -0.118. The number of carbonyl (C=O) groups is 3. The van der Waals surface area contributed by atoms with E-state index in [1.165, 1.54) is 4.90 Å². The highest BCUT2D eigenvalue weighted by Gasteiger charge is 2.34. The molecule has 1 aliphatic rings. The van der Waals surface area contributed by atoms with Crippen molar-refractivity contribution in [3.63, 3.8) is 0 Å². The van der Waals surface area contributed by atoms with Crippen LogP contribution in [0.2, 0.25) is 0 Å². The molecule has 1 N–H and O–H groups in total. The molecule has 0 fully saturated rings. The van der Waals surface area contributed by atoms with Crippen LogP contribution in [-0.2, 0) is 4.79 Å². The number of fused-ring (bicyclic) bond motifs is 1. The van der Waals surface area contributed by atoms with Gasteiger partial charge in [0.1, 0.15) is 12.4 Å². The summed E-state index contributed by atoms with van der Waals surface area (Å²) in [7, 11) is 0. The lowest BCUT2D eigenvalue weighted by atomic mass is 10.1. The minimum atomic E-state index is -0.299. The van der Waals surface area contributed by atoms with Gasteiger partial charge in [0, 0.05) is 17.7 Å². The van der Waals surface area contributed by atoms with Gasteiger partial charge in [0.15, 0.2) is 0 Å². The highest BCUT2D eigenvalue weighted by Crippen LogP contribution is 2.22. The highest BCUT2D eigenvalue weighted by molar-refractivity contribution is 6.21. The summed E-state index contributed by atoms with van der Waals surface area (Å²) in [6.07, 6.45) is 0. The Hall–Kier alpha value is -3.15. The summed E-state index contributed by atoms with van der Waals surface area (Å²) in [5.41, 5.74) is 1.49. The molecule has 3 amide bonds. The second-order valence-corrected chi connectivity index (χ2v) is 6.33. The Bertz CT molecular complexity index is 825. The van der Waals surface area contributed by atoms with Crippen molar-refractivity contribution in [2.45, 2.75) is 13.8 Å². The molecule has 1 heterocycles. The van der Waals surface area contributed by atoms with E-state index in [-0.39, 0.29) is 36.8 Å². The number of hydrogen-bond donors (Lipinski definition) is 1. The zero-order valence-corrected chi connectivity index (χ0v) is 14.7. The number of imide groups is 1. The molecule has 0 atom stereocenters. The third-order valence-electron chi connectivity index (χ3n) is 4.09.